The SMILES string of the molecule is COc1cc(NC(=O)c2ccccc2Cl)ccc1C(=O)N1c2ccc(Cl)cc2C=CCC1CCN1CCN(C(C)=O)CC1. The van der Waals surface area contributed by atoms with E-state index >= 15 is 0 Å². The fourth-order valence-electron chi connectivity index (χ4n) is 5.59. The Bertz CT molecular complexity index is 1550. The highest BCUT2D eigenvalue weighted by molar-refractivity contribution is 6.34. The van der Waals surface area contributed by atoms with Gasteiger partial charge in [0.1, 0.15) is 5.75 Å². The van der Waals surface area contributed by atoms with Crippen LogP contribution >= 0.6 is 23.2 Å². The third-order valence-corrected chi connectivity index (χ3v) is 8.51. The monoisotopic (exact) mass is 620 g/mol. The van der Waals surface area contributed by atoms with Crippen LogP contribution in [-0.4, -0.2) is 73.4 Å². The Morgan fingerprint density at radius 3 is 2.44 bits per heavy atom. The summed E-state index contributed by atoms with van der Waals surface area (Å²) < 4.78 is 5.67. The molecular formula is C33H34Cl2N4O4. The molecule has 3 aromatic rings. The molecule has 8 nitrogen and oxygen atoms in total. The lowest BCUT2D eigenvalue weighted by atomic mass is 10.0. The molecule has 1 unspecified atom stereocenters. The molecule has 43 heavy (non-hydrogen) atoms. The zero-order valence-electron chi connectivity index (χ0n) is 24.2. The molecule has 2 heterocycles. The molecule has 3 amide bonds. The standard InChI is InChI=1S/C33H34Cl2N4O4/c1-22(40)38-18-16-37(17-19-38)15-14-26-7-5-6-23-20-24(34)10-13-30(23)39(26)33(42)28-12-11-25(21-31(28)43-2)36-32(41)27-8-3-4-9-29(27)35/h3-6,8-13,20-21,26H,7,14-19H2,1-2H3,(H,36,41). The van der Waals surface area contributed by atoms with Gasteiger partial charge < -0.3 is 19.9 Å². The number of carbonyl (C=O) groups excluding carboxylic acids is 3. The molecule has 0 bridgehead atoms. The summed E-state index contributed by atoms with van der Waals surface area (Å²) in [7, 11) is 1.50. The van der Waals surface area contributed by atoms with Gasteiger partial charge in [0.2, 0.25) is 5.91 Å². The van der Waals surface area contributed by atoms with Gasteiger partial charge in [-0.05, 0) is 60.9 Å². The van der Waals surface area contributed by atoms with Crippen LogP contribution in [0.4, 0.5) is 11.4 Å². The number of piperazine rings is 1. The van der Waals surface area contributed by atoms with Crippen LogP contribution in [0.3, 0.4) is 0 Å². The smallest absolute Gasteiger partial charge is 0.262 e. The molecule has 1 atom stereocenters. The van der Waals surface area contributed by atoms with Crippen LogP contribution in [0.1, 0.15) is 46.0 Å². The molecule has 0 spiro atoms. The van der Waals surface area contributed by atoms with Crippen molar-refractivity contribution in [2.75, 3.05) is 50.1 Å². The minimum atomic E-state index is -0.361. The summed E-state index contributed by atoms with van der Waals surface area (Å²) in [4.78, 5) is 45.0. The van der Waals surface area contributed by atoms with E-state index in [0.29, 0.717) is 52.1 Å². The summed E-state index contributed by atoms with van der Waals surface area (Å²) in [5, 5.41) is 3.78. The molecule has 1 saturated heterocycles. The first-order valence-electron chi connectivity index (χ1n) is 14.3. The lowest BCUT2D eigenvalue weighted by molar-refractivity contribution is -0.130. The Balaban J connectivity index is 1.40. The topological polar surface area (TPSA) is 82.2 Å². The van der Waals surface area contributed by atoms with Crippen molar-refractivity contribution in [3.8, 4) is 5.75 Å². The van der Waals surface area contributed by atoms with Gasteiger partial charge in [-0.1, -0.05) is 47.5 Å². The highest BCUT2D eigenvalue weighted by atomic mass is 35.5. The van der Waals surface area contributed by atoms with Gasteiger partial charge in [0.25, 0.3) is 11.8 Å². The second-order valence-electron chi connectivity index (χ2n) is 10.7. The molecule has 1 fully saturated rings. The summed E-state index contributed by atoms with van der Waals surface area (Å²) in [5.41, 5.74) is 2.83. The second-order valence-corrected chi connectivity index (χ2v) is 11.5. The van der Waals surface area contributed by atoms with E-state index in [9.17, 15) is 14.4 Å². The first-order valence-corrected chi connectivity index (χ1v) is 15.0. The number of carbonyl (C=O) groups is 3. The largest absolute Gasteiger partial charge is 0.496 e. The molecular weight excluding hydrogens is 587 g/mol. The second kappa shape index (κ2) is 13.6. The lowest BCUT2D eigenvalue weighted by Crippen LogP contribution is -2.49. The van der Waals surface area contributed by atoms with E-state index in [1.165, 1.54) is 7.11 Å². The molecule has 0 saturated carbocycles. The molecule has 0 radical (unpaired) electrons. The number of fused-ring (bicyclic) bond motifs is 1. The van der Waals surface area contributed by atoms with E-state index in [1.807, 2.05) is 28.0 Å². The summed E-state index contributed by atoms with van der Waals surface area (Å²) in [6, 6.07) is 17.2. The Kier molecular flexibility index (Phi) is 9.70. The van der Waals surface area contributed by atoms with Crippen LogP contribution in [-0.2, 0) is 4.79 Å². The first-order chi connectivity index (χ1) is 20.7. The number of benzene rings is 3. The average Bonchev–Trinajstić information content (AvgIpc) is 3.18. The lowest BCUT2D eigenvalue weighted by Gasteiger charge is -2.37. The van der Waals surface area contributed by atoms with Gasteiger partial charge in [0.05, 0.1) is 28.9 Å². The number of hydrogen-bond donors (Lipinski definition) is 1. The number of halogens is 2. The molecule has 0 aromatic heterocycles. The normalized spacial score (nSPS) is 16.8. The third-order valence-electron chi connectivity index (χ3n) is 7.94. The van der Waals surface area contributed by atoms with Crippen molar-refractivity contribution >= 4 is 58.4 Å². The van der Waals surface area contributed by atoms with Gasteiger partial charge in [-0.2, -0.15) is 0 Å². The van der Waals surface area contributed by atoms with Crippen LogP contribution in [0.2, 0.25) is 10.0 Å². The predicted molar refractivity (Wildman–Crippen MR) is 171 cm³/mol. The number of ether oxygens (including phenoxy) is 1. The van der Waals surface area contributed by atoms with Crippen LogP contribution in [0.25, 0.3) is 6.08 Å². The molecule has 0 aliphatic carbocycles. The van der Waals surface area contributed by atoms with Gasteiger partial charge in [0, 0.05) is 62.5 Å². The van der Waals surface area contributed by atoms with Crippen LogP contribution in [0.15, 0.2) is 66.7 Å². The summed E-state index contributed by atoms with van der Waals surface area (Å²) in [6.07, 6.45) is 5.51. The summed E-state index contributed by atoms with van der Waals surface area (Å²) in [6.45, 7) is 5.42. The van der Waals surface area contributed by atoms with Crippen molar-refractivity contribution < 1.29 is 19.1 Å². The van der Waals surface area contributed by atoms with Gasteiger partial charge >= 0.3 is 0 Å². The van der Waals surface area contributed by atoms with E-state index in [2.05, 4.69) is 16.3 Å². The first kappa shape index (κ1) is 30.6. The molecule has 3 aromatic carbocycles. The van der Waals surface area contributed by atoms with E-state index in [0.717, 1.165) is 37.3 Å². The zero-order valence-corrected chi connectivity index (χ0v) is 25.7. The van der Waals surface area contributed by atoms with Crippen molar-refractivity contribution in [1.82, 2.24) is 9.80 Å². The molecule has 2 aliphatic heterocycles. The molecule has 5 rings (SSSR count). The maximum atomic E-state index is 14.4. The number of methoxy groups -OCH3 is 1. The minimum absolute atomic E-state index is 0.101. The van der Waals surface area contributed by atoms with Crippen LogP contribution in [0, 0.1) is 0 Å². The number of amides is 3. The summed E-state index contributed by atoms with van der Waals surface area (Å²) >= 11 is 12.5. The molecule has 2 aliphatic rings. The highest BCUT2D eigenvalue weighted by Crippen LogP contribution is 2.35. The van der Waals surface area contributed by atoms with Gasteiger partial charge in [-0.25, -0.2) is 0 Å². The number of nitrogens with zero attached hydrogens (tertiary/aromatic N) is 3. The van der Waals surface area contributed by atoms with Crippen molar-refractivity contribution in [3.63, 3.8) is 0 Å². The van der Waals surface area contributed by atoms with Crippen molar-refractivity contribution in [2.45, 2.75) is 25.8 Å². The molecule has 10 heteroatoms. The van der Waals surface area contributed by atoms with E-state index in [1.54, 1.807) is 55.5 Å². The minimum Gasteiger partial charge on any atom is -0.496 e. The van der Waals surface area contributed by atoms with E-state index in [-0.39, 0.29) is 23.8 Å². The Morgan fingerprint density at radius 2 is 1.72 bits per heavy atom. The average molecular weight is 622 g/mol. The van der Waals surface area contributed by atoms with E-state index < -0.39 is 0 Å². The third kappa shape index (κ3) is 7.04. The highest BCUT2D eigenvalue weighted by Gasteiger charge is 2.31. The number of hydrogen-bond acceptors (Lipinski definition) is 5. The Labute approximate surface area is 261 Å². The van der Waals surface area contributed by atoms with Gasteiger partial charge in [-0.3, -0.25) is 19.3 Å². The maximum absolute atomic E-state index is 14.4. The Hall–Kier alpha value is -3.85. The molecule has 224 valence electrons. The number of nitrogens with one attached hydrogen (secondary N) is 1. The van der Waals surface area contributed by atoms with Crippen LogP contribution in [0.5, 0.6) is 5.75 Å². The number of anilines is 2. The van der Waals surface area contributed by atoms with E-state index in [4.69, 9.17) is 27.9 Å². The van der Waals surface area contributed by atoms with Gasteiger partial charge in [-0.15, -0.1) is 0 Å². The van der Waals surface area contributed by atoms with Crippen molar-refractivity contribution in [2.24, 2.45) is 0 Å². The number of rotatable bonds is 7. The van der Waals surface area contributed by atoms with Crippen LogP contribution < -0.4 is 15.0 Å². The van der Waals surface area contributed by atoms with Gasteiger partial charge in [0.15, 0.2) is 0 Å². The Morgan fingerprint density at radius 1 is 0.953 bits per heavy atom. The zero-order chi connectivity index (χ0) is 30.5. The van der Waals surface area contributed by atoms with Crippen molar-refractivity contribution in [1.29, 1.82) is 0 Å². The predicted octanol–water partition coefficient (Wildman–Crippen LogP) is 6.24. The fourth-order valence-corrected chi connectivity index (χ4v) is 5.99. The van der Waals surface area contributed by atoms with Crippen molar-refractivity contribution in [3.05, 3.63) is 93.5 Å². The maximum Gasteiger partial charge on any atom is 0.262 e. The summed E-state index contributed by atoms with van der Waals surface area (Å²) in [5.74, 6) is -0.127. The quantitative estimate of drug-likeness (QED) is 0.338. The molecule has 1 N–H and O–H groups in total. The fraction of sp³-hybridized carbons (Fsp3) is 0.303.